The molecule has 3 heterocycles. The minimum atomic E-state index is -0.193. The van der Waals surface area contributed by atoms with Gasteiger partial charge in [0.25, 0.3) is 0 Å². The summed E-state index contributed by atoms with van der Waals surface area (Å²) in [5.41, 5.74) is 2.10. The van der Waals surface area contributed by atoms with Crippen molar-refractivity contribution >= 4 is 11.8 Å². The summed E-state index contributed by atoms with van der Waals surface area (Å²) in [6, 6.07) is -0.0372. The first-order chi connectivity index (χ1) is 13.5. The zero-order valence-electron chi connectivity index (χ0n) is 17.0. The van der Waals surface area contributed by atoms with E-state index in [1.54, 1.807) is 6.33 Å². The number of H-pyrrole nitrogens is 1. The number of hydrogen-bond donors (Lipinski definition) is 3. The van der Waals surface area contributed by atoms with E-state index in [2.05, 4.69) is 25.5 Å². The quantitative estimate of drug-likeness (QED) is 0.693. The highest BCUT2D eigenvalue weighted by Crippen LogP contribution is 2.42. The molecule has 1 atom stereocenters. The third kappa shape index (κ3) is 3.80. The molecule has 2 amide bonds. The predicted molar refractivity (Wildman–Crippen MR) is 106 cm³/mol. The van der Waals surface area contributed by atoms with E-state index in [1.165, 1.54) is 12.8 Å². The lowest BCUT2D eigenvalue weighted by Gasteiger charge is -2.41. The zero-order chi connectivity index (χ0) is 19.7. The van der Waals surface area contributed by atoms with Crippen LogP contribution in [0.2, 0.25) is 0 Å². The van der Waals surface area contributed by atoms with E-state index in [4.69, 9.17) is 0 Å². The standard InChI is InChI=1S/C20H32N6O2/c1-14(2)23-17(27)12-25-7-9-26(10-8-25)19(28)16-11-15-18(22-13-21-15)20(24-16)5-3-4-6-20/h13-14,16,24H,3-12H2,1-2H3,(H,21,22)(H,23,27). The number of carbonyl (C=O) groups excluding carboxylic acids is 2. The van der Waals surface area contributed by atoms with E-state index in [-0.39, 0.29) is 29.4 Å². The van der Waals surface area contributed by atoms with Gasteiger partial charge in [0.1, 0.15) is 0 Å². The molecule has 0 radical (unpaired) electrons. The van der Waals surface area contributed by atoms with Crippen molar-refractivity contribution in [2.45, 2.75) is 63.6 Å². The summed E-state index contributed by atoms with van der Waals surface area (Å²) in [6.45, 7) is 7.17. The van der Waals surface area contributed by atoms with Gasteiger partial charge in [0, 0.05) is 44.3 Å². The Morgan fingerprint density at radius 1 is 1.25 bits per heavy atom. The maximum atomic E-state index is 13.2. The van der Waals surface area contributed by atoms with E-state index < -0.39 is 0 Å². The van der Waals surface area contributed by atoms with Gasteiger partial charge in [0.2, 0.25) is 11.8 Å². The molecule has 8 heteroatoms. The van der Waals surface area contributed by atoms with Crippen molar-refractivity contribution in [3.63, 3.8) is 0 Å². The molecule has 1 unspecified atom stereocenters. The molecule has 1 spiro atoms. The van der Waals surface area contributed by atoms with Crippen molar-refractivity contribution in [2.75, 3.05) is 32.7 Å². The number of hydrogen-bond acceptors (Lipinski definition) is 5. The van der Waals surface area contributed by atoms with Gasteiger partial charge in [0.05, 0.1) is 30.1 Å². The zero-order valence-corrected chi connectivity index (χ0v) is 17.0. The molecule has 2 aliphatic heterocycles. The molecule has 2 fully saturated rings. The third-order valence-electron chi connectivity index (χ3n) is 6.29. The molecule has 1 aliphatic carbocycles. The maximum absolute atomic E-state index is 13.2. The van der Waals surface area contributed by atoms with Crippen LogP contribution in [0.15, 0.2) is 6.33 Å². The largest absolute Gasteiger partial charge is 0.353 e. The molecule has 1 saturated carbocycles. The fourth-order valence-corrected chi connectivity index (χ4v) is 4.97. The first-order valence-electron chi connectivity index (χ1n) is 10.6. The summed E-state index contributed by atoms with van der Waals surface area (Å²) < 4.78 is 0. The van der Waals surface area contributed by atoms with Crippen LogP contribution in [0.25, 0.3) is 0 Å². The van der Waals surface area contributed by atoms with Crippen molar-refractivity contribution in [2.24, 2.45) is 0 Å². The average molecular weight is 389 g/mol. The van der Waals surface area contributed by atoms with Crippen molar-refractivity contribution in [3.8, 4) is 0 Å². The van der Waals surface area contributed by atoms with Crippen LogP contribution >= 0.6 is 0 Å². The summed E-state index contributed by atoms with van der Waals surface area (Å²) in [7, 11) is 0. The third-order valence-corrected chi connectivity index (χ3v) is 6.29. The number of aromatic nitrogens is 2. The Hall–Kier alpha value is -1.93. The Labute approximate surface area is 166 Å². The Bertz CT molecular complexity index is 716. The molecule has 3 N–H and O–H groups in total. The second kappa shape index (κ2) is 7.83. The lowest BCUT2D eigenvalue weighted by Crippen LogP contribution is -2.60. The summed E-state index contributed by atoms with van der Waals surface area (Å²) in [5, 5.41) is 6.61. The summed E-state index contributed by atoms with van der Waals surface area (Å²) in [6.07, 6.45) is 6.89. The van der Waals surface area contributed by atoms with Crippen LogP contribution in [0, 0.1) is 0 Å². The second-order valence-corrected chi connectivity index (χ2v) is 8.74. The Balaban J connectivity index is 1.35. The highest BCUT2D eigenvalue weighted by Gasteiger charge is 2.46. The Kier molecular flexibility index (Phi) is 5.42. The molecule has 4 rings (SSSR count). The number of carbonyl (C=O) groups is 2. The predicted octanol–water partition coefficient (Wildman–Crippen LogP) is 0.362. The van der Waals surface area contributed by atoms with E-state index >= 15 is 0 Å². The van der Waals surface area contributed by atoms with Gasteiger partial charge >= 0.3 is 0 Å². The van der Waals surface area contributed by atoms with Crippen LogP contribution in [0.1, 0.15) is 50.9 Å². The van der Waals surface area contributed by atoms with E-state index in [0.717, 1.165) is 37.3 Å². The average Bonchev–Trinajstić information content (AvgIpc) is 3.31. The van der Waals surface area contributed by atoms with Crippen LogP contribution in [-0.2, 0) is 21.5 Å². The molecule has 28 heavy (non-hydrogen) atoms. The highest BCUT2D eigenvalue weighted by atomic mass is 16.2. The minimum absolute atomic E-state index is 0.0543. The first kappa shape index (κ1) is 19.4. The Morgan fingerprint density at radius 2 is 1.96 bits per heavy atom. The number of nitrogens with zero attached hydrogens (tertiary/aromatic N) is 3. The van der Waals surface area contributed by atoms with E-state index in [0.29, 0.717) is 26.1 Å². The minimum Gasteiger partial charge on any atom is -0.353 e. The molecule has 8 nitrogen and oxygen atoms in total. The van der Waals surface area contributed by atoms with E-state index in [1.807, 2.05) is 18.7 Å². The number of fused-ring (bicyclic) bond motifs is 2. The van der Waals surface area contributed by atoms with E-state index in [9.17, 15) is 9.59 Å². The lowest BCUT2D eigenvalue weighted by atomic mass is 9.84. The summed E-state index contributed by atoms with van der Waals surface area (Å²) in [4.78, 5) is 37.1. The van der Waals surface area contributed by atoms with Gasteiger partial charge < -0.3 is 15.2 Å². The fraction of sp³-hybridized carbons (Fsp3) is 0.750. The molecule has 154 valence electrons. The molecule has 1 aromatic rings. The van der Waals surface area contributed by atoms with Crippen LogP contribution < -0.4 is 10.6 Å². The maximum Gasteiger partial charge on any atom is 0.240 e. The van der Waals surface area contributed by atoms with Gasteiger partial charge in [-0.3, -0.25) is 19.8 Å². The molecule has 1 saturated heterocycles. The van der Waals surface area contributed by atoms with Gasteiger partial charge in [0.15, 0.2) is 0 Å². The van der Waals surface area contributed by atoms with Crippen LogP contribution in [0.3, 0.4) is 0 Å². The molecule has 0 aromatic carbocycles. The van der Waals surface area contributed by atoms with Crippen molar-refractivity contribution < 1.29 is 9.59 Å². The van der Waals surface area contributed by atoms with Crippen molar-refractivity contribution in [1.82, 2.24) is 30.4 Å². The molecule has 3 aliphatic rings. The molecular weight excluding hydrogens is 356 g/mol. The van der Waals surface area contributed by atoms with Crippen LogP contribution in [0.4, 0.5) is 0 Å². The summed E-state index contributed by atoms with van der Waals surface area (Å²) >= 11 is 0. The SMILES string of the molecule is CC(C)NC(=O)CN1CCN(C(=O)C2Cc3[nH]cnc3C3(CCCC3)N2)CC1. The van der Waals surface area contributed by atoms with Gasteiger partial charge in [-0.25, -0.2) is 4.98 Å². The van der Waals surface area contributed by atoms with Crippen molar-refractivity contribution in [3.05, 3.63) is 17.7 Å². The topological polar surface area (TPSA) is 93.4 Å². The number of nitrogens with one attached hydrogen (secondary N) is 3. The number of rotatable bonds is 4. The monoisotopic (exact) mass is 388 g/mol. The van der Waals surface area contributed by atoms with Crippen molar-refractivity contribution in [1.29, 1.82) is 0 Å². The number of amides is 2. The van der Waals surface area contributed by atoms with Crippen LogP contribution in [-0.4, -0.2) is 76.4 Å². The van der Waals surface area contributed by atoms with Gasteiger partial charge in [-0.2, -0.15) is 0 Å². The fourth-order valence-electron chi connectivity index (χ4n) is 4.97. The Morgan fingerprint density at radius 3 is 2.64 bits per heavy atom. The lowest BCUT2D eigenvalue weighted by molar-refractivity contribution is -0.136. The van der Waals surface area contributed by atoms with Gasteiger partial charge in [-0.05, 0) is 26.7 Å². The number of piperazine rings is 1. The second-order valence-electron chi connectivity index (χ2n) is 8.74. The van der Waals surface area contributed by atoms with Gasteiger partial charge in [-0.15, -0.1) is 0 Å². The number of imidazole rings is 1. The van der Waals surface area contributed by atoms with Crippen LogP contribution in [0.5, 0.6) is 0 Å². The molecule has 0 bridgehead atoms. The number of aromatic amines is 1. The normalized spacial score (nSPS) is 24.5. The molecule has 1 aromatic heterocycles. The summed E-state index contributed by atoms with van der Waals surface area (Å²) in [5.74, 6) is 0.233. The molecular formula is C20H32N6O2. The smallest absolute Gasteiger partial charge is 0.240 e. The first-order valence-corrected chi connectivity index (χ1v) is 10.6. The highest BCUT2D eigenvalue weighted by molar-refractivity contribution is 5.83. The van der Waals surface area contributed by atoms with Gasteiger partial charge in [-0.1, -0.05) is 12.8 Å².